The molecule has 0 saturated carbocycles. The minimum Gasteiger partial charge on any atom is -0.363 e. The third-order valence-corrected chi connectivity index (χ3v) is 4.60. The Morgan fingerprint density at radius 3 is 2.46 bits per heavy atom. The van der Waals surface area contributed by atoms with E-state index in [2.05, 4.69) is 20.3 Å². The van der Waals surface area contributed by atoms with Gasteiger partial charge in [-0.2, -0.15) is 0 Å². The van der Waals surface area contributed by atoms with Crippen molar-refractivity contribution in [2.24, 2.45) is 0 Å². The number of Topliss-reactive ketones (excluding diaryl/α,β-unsaturated/α-hetero) is 1. The van der Waals surface area contributed by atoms with Crippen molar-refractivity contribution in [3.63, 3.8) is 0 Å². The van der Waals surface area contributed by atoms with E-state index in [0.717, 1.165) is 11.4 Å². The minimum absolute atomic E-state index is 0.152. The van der Waals surface area contributed by atoms with Gasteiger partial charge in [-0.25, -0.2) is 15.0 Å². The van der Waals surface area contributed by atoms with Crippen LogP contribution in [0.15, 0.2) is 42.6 Å². The van der Waals surface area contributed by atoms with E-state index in [1.54, 1.807) is 36.5 Å². The zero-order valence-electron chi connectivity index (χ0n) is 15.7. The highest BCUT2D eigenvalue weighted by Crippen LogP contribution is 2.26. The highest BCUT2D eigenvalue weighted by Gasteiger charge is 2.15. The van der Waals surface area contributed by atoms with Crippen LogP contribution >= 0.6 is 23.2 Å². The van der Waals surface area contributed by atoms with Crippen LogP contribution in [0.25, 0.3) is 0 Å². The van der Waals surface area contributed by atoms with E-state index in [0.29, 0.717) is 33.1 Å². The van der Waals surface area contributed by atoms with Crippen molar-refractivity contribution in [2.45, 2.75) is 13.3 Å². The van der Waals surface area contributed by atoms with Crippen molar-refractivity contribution >= 4 is 46.4 Å². The molecule has 0 aliphatic heterocycles. The van der Waals surface area contributed by atoms with Crippen LogP contribution in [0.2, 0.25) is 10.0 Å². The molecule has 2 aromatic heterocycles. The summed E-state index contributed by atoms with van der Waals surface area (Å²) in [7, 11) is 3.83. The molecule has 28 heavy (non-hydrogen) atoms. The van der Waals surface area contributed by atoms with Crippen molar-refractivity contribution in [2.75, 3.05) is 24.3 Å². The molecular formula is C20H19Cl2N5O. The maximum atomic E-state index is 12.7. The van der Waals surface area contributed by atoms with E-state index in [-0.39, 0.29) is 12.2 Å². The van der Waals surface area contributed by atoms with Crippen LogP contribution < -0.4 is 10.2 Å². The van der Waals surface area contributed by atoms with Crippen molar-refractivity contribution in [3.8, 4) is 0 Å². The first-order chi connectivity index (χ1) is 13.3. The van der Waals surface area contributed by atoms with E-state index >= 15 is 0 Å². The molecule has 144 valence electrons. The molecule has 3 rings (SSSR count). The summed E-state index contributed by atoms with van der Waals surface area (Å²) in [6.45, 7) is 1.83. The molecule has 3 aromatic rings. The predicted molar refractivity (Wildman–Crippen MR) is 113 cm³/mol. The SMILES string of the molecule is Cc1nc(Nc2cc(CC(=O)c3c(Cl)cccc3Cl)ccn2)cc(N(C)C)n1. The minimum atomic E-state index is -0.152. The number of halogens is 2. The lowest BCUT2D eigenvalue weighted by Gasteiger charge is -2.14. The topological polar surface area (TPSA) is 71.0 Å². The third-order valence-electron chi connectivity index (χ3n) is 3.97. The normalized spacial score (nSPS) is 10.6. The molecule has 1 aromatic carbocycles. The Kier molecular flexibility index (Phi) is 6.11. The number of nitrogens with zero attached hydrogens (tertiary/aromatic N) is 4. The molecular weight excluding hydrogens is 397 g/mol. The quantitative estimate of drug-likeness (QED) is 0.587. The third kappa shape index (κ3) is 4.77. The number of nitrogens with one attached hydrogen (secondary N) is 1. The molecule has 0 unspecified atom stereocenters. The van der Waals surface area contributed by atoms with Crippen molar-refractivity contribution < 1.29 is 4.79 Å². The molecule has 0 aliphatic rings. The number of benzene rings is 1. The van der Waals surface area contributed by atoms with Gasteiger partial charge in [0, 0.05) is 32.8 Å². The van der Waals surface area contributed by atoms with Gasteiger partial charge in [-0.3, -0.25) is 4.79 Å². The molecule has 0 bridgehead atoms. The molecule has 1 N–H and O–H groups in total. The molecule has 6 nitrogen and oxygen atoms in total. The van der Waals surface area contributed by atoms with Crippen LogP contribution in [0.1, 0.15) is 21.7 Å². The number of anilines is 3. The summed E-state index contributed by atoms with van der Waals surface area (Å²) < 4.78 is 0. The zero-order chi connectivity index (χ0) is 20.3. The first-order valence-corrected chi connectivity index (χ1v) is 9.31. The lowest BCUT2D eigenvalue weighted by molar-refractivity contribution is 0.0993. The number of aryl methyl sites for hydroxylation is 1. The van der Waals surface area contributed by atoms with Crippen LogP contribution in [0.5, 0.6) is 0 Å². The van der Waals surface area contributed by atoms with Crippen LogP contribution in [-0.2, 0) is 6.42 Å². The second-order valence-electron chi connectivity index (χ2n) is 6.42. The molecule has 0 fully saturated rings. The second-order valence-corrected chi connectivity index (χ2v) is 7.24. The van der Waals surface area contributed by atoms with Gasteiger partial charge in [-0.15, -0.1) is 0 Å². The highest BCUT2D eigenvalue weighted by molar-refractivity contribution is 6.39. The number of carbonyl (C=O) groups is 1. The van der Waals surface area contributed by atoms with E-state index in [1.165, 1.54) is 0 Å². The number of ketones is 1. The van der Waals surface area contributed by atoms with Crippen LogP contribution in [-0.4, -0.2) is 34.8 Å². The highest BCUT2D eigenvalue weighted by atomic mass is 35.5. The average Bonchev–Trinajstić information content (AvgIpc) is 2.61. The number of carbonyl (C=O) groups excluding carboxylic acids is 1. The Balaban J connectivity index is 1.80. The van der Waals surface area contributed by atoms with Gasteiger partial charge in [0.25, 0.3) is 0 Å². The fourth-order valence-corrected chi connectivity index (χ4v) is 3.28. The summed E-state index contributed by atoms with van der Waals surface area (Å²) in [5.41, 5.74) is 1.12. The maximum absolute atomic E-state index is 12.7. The first-order valence-electron chi connectivity index (χ1n) is 8.55. The summed E-state index contributed by atoms with van der Waals surface area (Å²) in [5.74, 6) is 2.49. The molecule has 2 heterocycles. The van der Waals surface area contributed by atoms with Gasteiger partial charge in [-0.1, -0.05) is 29.3 Å². The van der Waals surface area contributed by atoms with Crippen LogP contribution in [0.4, 0.5) is 17.5 Å². The molecule has 0 radical (unpaired) electrons. The fraction of sp³-hybridized carbons (Fsp3) is 0.200. The standard InChI is InChI=1S/C20H19Cl2N5O/c1-12-24-18(11-19(25-12)27(2)3)26-17-10-13(7-8-23-17)9-16(28)20-14(21)5-4-6-15(20)22/h4-8,10-11H,9H2,1-3H3,(H,23,24,25,26). The van der Waals surface area contributed by atoms with E-state index in [4.69, 9.17) is 23.2 Å². The molecule has 0 atom stereocenters. The Hall–Kier alpha value is -2.70. The summed E-state index contributed by atoms with van der Waals surface area (Å²) in [4.78, 5) is 27.6. The fourth-order valence-electron chi connectivity index (χ4n) is 2.67. The molecule has 0 spiro atoms. The Bertz CT molecular complexity index is 1000. The summed E-state index contributed by atoms with van der Waals surface area (Å²) in [5, 5.41) is 3.85. The molecule has 0 saturated heterocycles. The number of rotatable bonds is 6. The molecule has 0 amide bonds. The van der Waals surface area contributed by atoms with Gasteiger partial charge in [-0.05, 0) is 36.8 Å². The van der Waals surface area contributed by atoms with Gasteiger partial charge < -0.3 is 10.2 Å². The van der Waals surface area contributed by atoms with Crippen molar-refractivity contribution in [1.82, 2.24) is 15.0 Å². The van der Waals surface area contributed by atoms with Crippen LogP contribution in [0.3, 0.4) is 0 Å². The average molecular weight is 416 g/mol. The number of hydrogen-bond acceptors (Lipinski definition) is 6. The monoisotopic (exact) mass is 415 g/mol. The zero-order valence-corrected chi connectivity index (χ0v) is 17.2. The van der Waals surface area contributed by atoms with Gasteiger partial charge in [0.05, 0.1) is 15.6 Å². The van der Waals surface area contributed by atoms with E-state index in [1.807, 2.05) is 32.0 Å². The lowest BCUT2D eigenvalue weighted by atomic mass is 10.0. The number of aromatic nitrogens is 3. The summed E-state index contributed by atoms with van der Waals surface area (Å²) >= 11 is 12.3. The first kappa shape index (κ1) is 20.0. The summed E-state index contributed by atoms with van der Waals surface area (Å²) in [6.07, 6.45) is 1.80. The Morgan fingerprint density at radius 2 is 1.79 bits per heavy atom. The second kappa shape index (κ2) is 8.54. The van der Waals surface area contributed by atoms with Gasteiger partial charge in [0.1, 0.15) is 23.3 Å². The van der Waals surface area contributed by atoms with Gasteiger partial charge in [0.2, 0.25) is 0 Å². The van der Waals surface area contributed by atoms with Crippen molar-refractivity contribution in [3.05, 3.63) is 69.6 Å². The lowest BCUT2D eigenvalue weighted by Crippen LogP contribution is -2.12. The molecule has 8 heteroatoms. The Morgan fingerprint density at radius 1 is 1.07 bits per heavy atom. The van der Waals surface area contributed by atoms with Crippen molar-refractivity contribution in [1.29, 1.82) is 0 Å². The maximum Gasteiger partial charge on any atom is 0.170 e. The summed E-state index contributed by atoms with van der Waals surface area (Å²) in [6, 6.07) is 10.4. The van der Waals surface area contributed by atoms with Crippen LogP contribution in [0, 0.1) is 6.92 Å². The van der Waals surface area contributed by atoms with Gasteiger partial charge >= 0.3 is 0 Å². The smallest absolute Gasteiger partial charge is 0.170 e. The van der Waals surface area contributed by atoms with E-state index in [9.17, 15) is 4.79 Å². The predicted octanol–water partition coefficient (Wildman–Crippen LogP) is 4.72. The number of hydrogen-bond donors (Lipinski definition) is 1. The largest absolute Gasteiger partial charge is 0.363 e. The van der Waals surface area contributed by atoms with Gasteiger partial charge in [0.15, 0.2) is 5.78 Å². The Labute approximate surface area is 173 Å². The number of pyridine rings is 1. The van der Waals surface area contributed by atoms with E-state index < -0.39 is 0 Å². The molecule has 0 aliphatic carbocycles.